The third kappa shape index (κ3) is 14.9. The minimum atomic E-state index is 0.132. The fourth-order valence-electron chi connectivity index (χ4n) is 11.3. The lowest BCUT2D eigenvalue weighted by Crippen LogP contribution is -2.14. The zero-order chi connectivity index (χ0) is 48.7. The fraction of sp³-hybridized carbons (Fsp3) is 0.500. The highest BCUT2D eigenvalue weighted by molar-refractivity contribution is 7.99. The second-order valence-electron chi connectivity index (χ2n) is 20.1. The molecule has 5 aromatic rings. The summed E-state index contributed by atoms with van der Waals surface area (Å²) in [5.41, 5.74) is 10.8. The summed E-state index contributed by atoms with van der Waals surface area (Å²) in [5, 5.41) is 51.9. The van der Waals surface area contributed by atoms with Gasteiger partial charge in [0.1, 0.15) is 35.5 Å². The van der Waals surface area contributed by atoms with Crippen LogP contribution in [0.2, 0.25) is 0 Å². The third-order valence-electron chi connectivity index (χ3n) is 15.1. The highest BCUT2D eigenvalue weighted by Crippen LogP contribution is 2.48. The molecule has 9 heteroatoms. The van der Waals surface area contributed by atoms with Crippen molar-refractivity contribution in [1.29, 1.82) is 0 Å². The van der Waals surface area contributed by atoms with E-state index in [4.69, 9.17) is 9.47 Å². The molecular weight excluding hydrogens is 897 g/mol. The summed E-state index contributed by atoms with van der Waals surface area (Å²) in [6.45, 7) is 10.4. The summed E-state index contributed by atoms with van der Waals surface area (Å²) in [6, 6.07) is 27.4. The normalized spacial score (nSPS) is 16.6. The van der Waals surface area contributed by atoms with Gasteiger partial charge in [0.25, 0.3) is 0 Å². The van der Waals surface area contributed by atoms with Crippen molar-refractivity contribution in [2.24, 2.45) is 0 Å². The number of rotatable bonds is 18. The lowest BCUT2D eigenvalue weighted by Gasteiger charge is -2.31. The monoisotopic (exact) mass is 975 g/mol. The Morgan fingerprint density at radius 3 is 1.16 bits per heavy atom. The predicted octanol–water partition coefficient (Wildman–Crippen LogP) is 16.2. The van der Waals surface area contributed by atoms with Gasteiger partial charge in [0.15, 0.2) is 0 Å². The smallest absolute Gasteiger partial charge is 0.146 e. The average molecular weight is 975 g/mol. The van der Waals surface area contributed by atoms with Gasteiger partial charge in [-0.3, -0.25) is 0 Å². The van der Waals surface area contributed by atoms with Crippen molar-refractivity contribution >= 4 is 23.5 Å². The molecule has 1 unspecified atom stereocenters. The van der Waals surface area contributed by atoms with Crippen LogP contribution in [0.25, 0.3) is 0 Å². The van der Waals surface area contributed by atoms with E-state index >= 15 is 0 Å². The van der Waals surface area contributed by atoms with Gasteiger partial charge < -0.3 is 35.0 Å². The number of benzene rings is 5. The van der Waals surface area contributed by atoms with Crippen molar-refractivity contribution in [3.8, 4) is 28.7 Å². The summed E-state index contributed by atoms with van der Waals surface area (Å²) in [6.07, 6.45) is 19.2. The van der Waals surface area contributed by atoms with Gasteiger partial charge in [0.05, 0.1) is 13.2 Å². The first-order chi connectivity index (χ1) is 33.4. The zero-order valence-electron chi connectivity index (χ0n) is 41.7. The van der Waals surface area contributed by atoms with Gasteiger partial charge in [0.2, 0.25) is 0 Å². The second kappa shape index (κ2) is 26.2. The highest BCUT2D eigenvalue weighted by Gasteiger charge is 2.30. The summed E-state index contributed by atoms with van der Waals surface area (Å²) < 4.78 is 10.8. The molecule has 7 nitrogen and oxygen atoms in total. The number of phenolic OH excluding ortho intramolecular Hbond substituents is 5. The molecule has 8 rings (SSSR count). The van der Waals surface area contributed by atoms with Crippen molar-refractivity contribution in [3.63, 3.8) is 0 Å². The zero-order valence-corrected chi connectivity index (χ0v) is 43.3. The molecule has 1 atom stereocenters. The minimum absolute atomic E-state index is 0.132. The first kappa shape index (κ1) is 52.5. The van der Waals surface area contributed by atoms with Gasteiger partial charge in [-0.2, -0.15) is 0 Å². The number of thioether (sulfide) groups is 2. The maximum atomic E-state index is 11.2. The van der Waals surface area contributed by atoms with Crippen molar-refractivity contribution in [3.05, 3.63) is 135 Å². The lowest BCUT2D eigenvalue weighted by atomic mass is 9.74. The minimum Gasteiger partial charge on any atom is -0.508 e. The second-order valence-corrected chi connectivity index (χ2v) is 22.5. The number of aryl methyl sites for hydroxylation is 3. The van der Waals surface area contributed by atoms with E-state index in [1.807, 2.05) is 42.5 Å². The summed E-state index contributed by atoms with van der Waals surface area (Å²) in [4.78, 5) is 2.22. The van der Waals surface area contributed by atoms with Crippen LogP contribution < -0.4 is 0 Å². The van der Waals surface area contributed by atoms with Crippen LogP contribution in [0.4, 0.5) is 0 Å². The van der Waals surface area contributed by atoms with Gasteiger partial charge in [-0.1, -0.05) is 82.9 Å². The SMILES string of the molecule is Cc1cc(O)c(C2CCCCC2)cc1C(C)CC(c1cc(C2CCCCC2)c(O)cc1C)c1cc(C2CCCCC2)c(O)cc1C.Oc1ccc(SCCOCOCCSc2ccc(O)cc2)cc1. The molecule has 3 aliphatic carbocycles. The summed E-state index contributed by atoms with van der Waals surface area (Å²) in [5.74, 6) is 5.32. The Kier molecular flexibility index (Phi) is 20.0. The molecule has 0 amide bonds. The number of hydrogen-bond donors (Lipinski definition) is 5. The van der Waals surface area contributed by atoms with Crippen LogP contribution >= 0.6 is 23.5 Å². The molecule has 0 aliphatic heterocycles. The number of ether oxygens (including phenoxy) is 2. The predicted molar refractivity (Wildman–Crippen MR) is 285 cm³/mol. The lowest BCUT2D eigenvalue weighted by molar-refractivity contribution is -0.0426. The molecule has 69 heavy (non-hydrogen) atoms. The van der Waals surface area contributed by atoms with E-state index in [-0.39, 0.29) is 23.3 Å². The van der Waals surface area contributed by atoms with E-state index in [0.717, 1.165) is 81.2 Å². The Bertz CT molecular complexity index is 2240. The molecule has 0 saturated heterocycles. The van der Waals surface area contributed by atoms with Gasteiger partial charge in [-0.25, -0.2) is 0 Å². The topological polar surface area (TPSA) is 120 Å². The van der Waals surface area contributed by atoms with Gasteiger partial charge >= 0.3 is 0 Å². The first-order valence-electron chi connectivity index (χ1n) is 25.9. The van der Waals surface area contributed by atoms with E-state index in [2.05, 4.69) is 45.9 Å². The Morgan fingerprint density at radius 1 is 0.464 bits per heavy atom. The molecule has 0 radical (unpaired) electrons. The van der Waals surface area contributed by atoms with E-state index in [9.17, 15) is 25.5 Å². The Hall–Kier alpha value is -4.28. The van der Waals surface area contributed by atoms with Crippen molar-refractivity contribution in [2.75, 3.05) is 31.5 Å². The molecule has 0 heterocycles. The Morgan fingerprint density at radius 2 is 0.797 bits per heavy atom. The highest BCUT2D eigenvalue weighted by atomic mass is 32.2. The number of phenols is 5. The maximum Gasteiger partial charge on any atom is 0.146 e. The first-order valence-corrected chi connectivity index (χ1v) is 27.9. The van der Waals surface area contributed by atoms with E-state index in [1.165, 1.54) is 92.9 Å². The fourth-order valence-corrected chi connectivity index (χ4v) is 12.8. The van der Waals surface area contributed by atoms with Crippen LogP contribution in [0.5, 0.6) is 28.7 Å². The molecule has 372 valence electrons. The van der Waals surface area contributed by atoms with Gasteiger partial charge in [0, 0.05) is 27.2 Å². The summed E-state index contributed by atoms with van der Waals surface area (Å²) in [7, 11) is 0. The molecule has 5 aromatic carbocycles. The standard InChI is InChI=1S/C43H58O3.C17H20O4S2/c1-27(34-24-37(41(44)21-28(34)2)31-14-8-5-9-15-31)20-40(35-25-38(42(45)22-29(35)3)32-16-10-6-11-17-32)36-26-39(43(46)23-30(36)4)33-18-12-7-13-19-33;18-14-1-5-16(6-2-14)22-11-9-20-13-21-10-12-23-17-7-3-15(19)4-8-17/h21-27,31-33,40,44-46H,5-20H2,1-4H3;1-8,18-19H,9-13H2. The van der Waals surface area contributed by atoms with Crippen LogP contribution in [-0.4, -0.2) is 57.0 Å². The largest absolute Gasteiger partial charge is 0.508 e. The van der Waals surface area contributed by atoms with Crippen molar-refractivity contribution in [1.82, 2.24) is 0 Å². The molecular formula is C60H78O7S2. The molecule has 5 N–H and O–H groups in total. The van der Waals surface area contributed by atoms with Gasteiger partial charge in [-0.05, 0) is 206 Å². The number of aromatic hydroxyl groups is 5. The van der Waals surface area contributed by atoms with Crippen molar-refractivity contribution < 1.29 is 35.0 Å². The van der Waals surface area contributed by atoms with Gasteiger partial charge in [-0.15, -0.1) is 23.5 Å². The molecule has 3 saturated carbocycles. The van der Waals surface area contributed by atoms with Crippen LogP contribution in [0.15, 0.2) is 94.7 Å². The van der Waals surface area contributed by atoms with Crippen LogP contribution in [0, 0.1) is 20.8 Å². The van der Waals surface area contributed by atoms with E-state index < -0.39 is 0 Å². The average Bonchev–Trinajstić information content (AvgIpc) is 3.35. The van der Waals surface area contributed by atoms with Crippen molar-refractivity contribution in [2.45, 2.75) is 170 Å². The molecule has 3 aliphatic rings. The Balaban J connectivity index is 0.000000257. The van der Waals surface area contributed by atoms with Crippen LogP contribution in [-0.2, 0) is 9.47 Å². The van der Waals surface area contributed by atoms with Crippen LogP contribution in [0.1, 0.15) is 189 Å². The number of hydrogen-bond acceptors (Lipinski definition) is 9. The summed E-state index contributed by atoms with van der Waals surface area (Å²) >= 11 is 3.36. The third-order valence-corrected chi connectivity index (χ3v) is 17.0. The molecule has 0 aromatic heterocycles. The molecule has 0 spiro atoms. The molecule has 0 bridgehead atoms. The van der Waals surface area contributed by atoms with E-state index in [0.29, 0.717) is 55.0 Å². The maximum absolute atomic E-state index is 11.2. The molecule has 3 fully saturated rings. The van der Waals surface area contributed by atoms with E-state index in [1.54, 1.807) is 47.8 Å². The Labute approximate surface area is 421 Å². The quantitative estimate of drug-likeness (QED) is 0.0332. The van der Waals surface area contributed by atoms with Crippen LogP contribution in [0.3, 0.4) is 0 Å².